The number of aliphatic hydroxyl groups is 1. The summed E-state index contributed by atoms with van der Waals surface area (Å²) in [7, 11) is 1.89. The van der Waals surface area contributed by atoms with Crippen molar-refractivity contribution in [1.29, 1.82) is 0 Å². The molecule has 21 heavy (non-hydrogen) atoms. The molecule has 2 unspecified atom stereocenters. The van der Waals surface area contributed by atoms with Gasteiger partial charge >= 0.3 is 0 Å². The van der Waals surface area contributed by atoms with Crippen LogP contribution in [-0.4, -0.2) is 35.3 Å². The fourth-order valence-corrected chi connectivity index (χ4v) is 3.16. The summed E-state index contributed by atoms with van der Waals surface area (Å²) in [6.45, 7) is 5.29. The number of rotatable bonds is 6. The van der Waals surface area contributed by atoms with E-state index in [9.17, 15) is 5.11 Å². The highest BCUT2D eigenvalue weighted by Crippen LogP contribution is 2.30. The highest BCUT2D eigenvalue weighted by atomic mass is 16.3. The summed E-state index contributed by atoms with van der Waals surface area (Å²) >= 11 is 0. The molecule has 1 aliphatic rings. The smallest absolute Gasteiger partial charge is 0.134 e. The van der Waals surface area contributed by atoms with Crippen LogP contribution in [0.2, 0.25) is 0 Å². The van der Waals surface area contributed by atoms with E-state index in [4.69, 9.17) is 0 Å². The van der Waals surface area contributed by atoms with E-state index in [-0.39, 0.29) is 0 Å². The predicted molar refractivity (Wildman–Crippen MR) is 86.7 cm³/mol. The first-order valence-electron chi connectivity index (χ1n) is 8.09. The summed E-state index contributed by atoms with van der Waals surface area (Å²) in [4.78, 5) is 9.10. The molecule has 0 bridgehead atoms. The van der Waals surface area contributed by atoms with Gasteiger partial charge in [-0.1, -0.05) is 19.8 Å². The minimum absolute atomic E-state index is 0.303. The van der Waals surface area contributed by atoms with Gasteiger partial charge < -0.3 is 15.7 Å². The number of hydrogen-bond donors (Lipinski definition) is 3. The van der Waals surface area contributed by atoms with Gasteiger partial charge in [-0.25, -0.2) is 9.97 Å². The minimum Gasteiger partial charge on any atom is -0.396 e. The van der Waals surface area contributed by atoms with Gasteiger partial charge in [0.15, 0.2) is 0 Å². The Morgan fingerprint density at radius 1 is 1.14 bits per heavy atom. The van der Waals surface area contributed by atoms with E-state index in [1.807, 2.05) is 14.0 Å². The van der Waals surface area contributed by atoms with E-state index in [2.05, 4.69) is 27.5 Å². The lowest BCUT2D eigenvalue weighted by atomic mass is 9.79. The van der Waals surface area contributed by atoms with Gasteiger partial charge in [-0.15, -0.1) is 0 Å². The lowest BCUT2D eigenvalue weighted by molar-refractivity contribution is 0.141. The number of nitrogens with one attached hydrogen (secondary N) is 2. The summed E-state index contributed by atoms with van der Waals surface area (Å²) in [6, 6.07) is 0. The summed E-state index contributed by atoms with van der Waals surface area (Å²) in [6.07, 6.45) is 5.69. The minimum atomic E-state index is 0.303. The van der Waals surface area contributed by atoms with Crippen LogP contribution in [0.1, 0.15) is 44.0 Å². The van der Waals surface area contributed by atoms with Gasteiger partial charge in [-0.05, 0) is 31.6 Å². The average Bonchev–Trinajstić information content (AvgIpc) is 2.54. The molecule has 0 saturated heterocycles. The quantitative estimate of drug-likeness (QED) is 0.752. The molecule has 0 amide bonds. The Labute approximate surface area is 127 Å². The lowest BCUT2D eigenvalue weighted by Crippen LogP contribution is -2.29. The molecule has 1 aromatic rings. The maximum atomic E-state index is 9.51. The van der Waals surface area contributed by atoms with Crippen molar-refractivity contribution in [2.75, 3.05) is 30.8 Å². The lowest BCUT2D eigenvalue weighted by Gasteiger charge is -2.30. The van der Waals surface area contributed by atoms with Crippen molar-refractivity contribution in [3.8, 4) is 0 Å². The molecule has 0 aliphatic heterocycles. The Balaban J connectivity index is 2.08. The van der Waals surface area contributed by atoms with Crippen LogP contribution in [0.5, 0.6) is 0 Å². The Bertz CT molecular complexity index is 464. The van der Waals surface area contributed by atoms with E-state index >= 15 is 0 Å². The fourth-order valence-electron chi connectivity index (χ4n) is 3.16. The van der Waals surface area contributed by atoms with E-state index in [0.717, 1.165) is 42.4 Å². The zero-order valence-corrected chi connectivity index (χ0v) is 13.4. The van der Waals surface area contributed by atoms with Crippen LogP contribution < -0.4 is 10.6 Å². The maximum absolute atomic E-state index is 9.51. The zero-order valence-electron chi connectivity index (χ0n) is 13.4. The zero-order chi connectivity index (χ0) is 15.2. The van der Waals surface area contributed by atoms with Crippen molar-refractivity contribution < 1.29 is 5.11 Å². The molecule has 0 aromatic carbocycles. The Hall–Kier alpha value is -1.36. The van der Waals surface area contributed by atoms with Crippen molar-refractivity contribution in [3.63, 3.8) is 0 Å². The Morgan fingerprint density at radius 3 is 2.43 bits per heavy atom. The first-order valence-corrected chi connectivity index (χ1v) is 8.09. The van der Waals surface area contributed by atoms with Gasteiger partial charge in [0.1, 0.15) is 17.5 Å². The molecular formula is C16H28N4O. The van der Waals surface area contributed by atoms with Crippen LogP contribution in [0, 0.1) is 18.8 Å². The summed E-state index contributed by atoms with van der Waals surface area (Å²) in [5.74, 6) is 3.65. The van der Waals surface area contributed by atoms with Gasteiger partial charge in [-0.3, -0.25) is 0 Å². The number of aryl methyl sites for hydroxylation is 1. The van der Waals surface area contributed by atoms with Crippen molar-refractivity contribution in [3.05, 3.63) is 11.4 Å². The summed E-state index contributed by atoms with van der Waals surface area (Å²) < 4.78 is 0. The van der Waals surface area contributed by atoms with E-state index < -0.39 is 0 Å². The van der Waals surface area contributed by atoms with Gasteiger partial charge in [0.05, 0.1) is 0 Å². The SMILES string of the molecule is CCc1nc(NC)c(C)c(NCC2CCCCC2CO)n1. The average molecular weight is 292 g/mol. The Kier molecular flexibility index (Phi) is 5.79. The molecule has 2 rings (SSSR count). The molecule has 5 heteroatoms. The molecule has 1 saturated carbocycles. The number of nitrogens with zero attached hydrogens (tertiary/aromatic N) is 2. The van der Waals surface area contributed by atoms with Gasteiger partial charge in [0, 0.05) is 32.2 Å². The van der Waals surface area contributed by atoms with Crippen molar-refractivity contribution in [2.24, 2.45) is 11.8 Å². The first-order chi connectivity index (χ1) is 10.2. The number of aromatic nitrogens is 2. The third-order valence-electron chi connectivity index (χ3n) is 4.58. The third kappa shape index (κ3) is 3.84. The largest absolute Gasteiger partial charge is 0.396 e. The van der Waals surface area contributed by atoms with Gasteiger partial charge in [0.25, 0.3) is 0 Å². The highest BCUT2D eigenvalue weighted by Gasteiger charge is 2.24. The summed E-state index contributed by atoms with van der Waals surface area (Å²) in [5.41, 5.74) is 1.06. The molecule has 1 aliphatic carbocycles. The molecule has 1 fully saturated rings. The van der Waals surface area contributed by atoms with E-state index in [1.54, 1.807) is 0 Å². The number of anilines is 2. The normalized spacial score (nSPS) is 22.1. The summed E-state index contributed by atoms with van der Waals surface area (Å²) in [5, 5.41) is 16.1. The second-order valence-electron chi connectivity index (χ2n) is 5.93. The molecule has 0 spiro atoms. The fraction of sp³-hybridized carbons (Fsp3) is 0.750. The van der Waals surface area contributed by atoms with Crippen LogP contribution in [0.15, 0.2) is 0 Å². The van der Waals surface area contributed by atoms with E-state index in [1.165, 1.54) is 19.3 Å². The third-order valence-corrected chi connectivity index (χ3v) is 4.58. The molecule has 1 aromatic heterocycles. The standard InChI is InChI=1S/C16H28N4O/c1-4-14-19-15(17-3)11(2)16(20-14)18-9-12-7-5-6-8-13(12)10-21/h12-13,21H,4-10H2,1-3H3,(H2,17,18,19,20). The molecule has 3 N–H and O–H groups in total. The van der Waals surface area contributed by atoms with Gasteiger partial charge in [0.2, 0.25) is 0 Å². The van der Waals surface area contributed by atoms with Crippen LogP contribution in [-0.2, 0) is 6.42 Å². The molecule has 0 radical (unpaired) electrons. The van der Waals surface area contributed by atoms with Crippen molar-refractivity contribution in [2.45, 2.75) is 46.0 Å². The molecule has 2 atom stereocenters. The van der Waals surface area contributed by atoms with Crippen LogP contribution in [0.4, 0.5) is 11.6 Å². The molecule has 5 nitrogen and oxygen atoms in total. The van der Waals surface area contributed by atoms with Crippen molar-refractivity contribution >= 4 is 11.6 Å². The molecule has 1 heterocycles. The van der Waals surface area contributed by atoms with Crippen LogP contribution >= 0.6 is 0 Å². The molecule has 118 valence electrons. The first kappa shape index (κ1) is 16.0. The maximum Gasteiger partial charge on any atom is 0.134 e. The Morgan fingerprint density at radius 2 is 1.81 bits per heavy atom. The number of hydrogen-bond acceptors (Lipinski definition) is 5. The van der Waals surface area contributed by atoms with Gasteiger partial charge in [-0.2, -0.15) is 0 Å². The van der Waals surface area contributed by atoms with Crippen LogP contribution in [0.3, 0.4) is 0 Å². The second-order valence-corrected chi connectivity index (χ2v) is 5.93. The van der Waals surface area contributed by atoms with Crippen LogP contribution in [0.25, 0.3) is 0 Å². The van der Waals surface area contributed by atoms with E-state index in [0.29, 0.717) is 18.4 Å². The monoisotopic (exact) mass is 292 g/mol. The predicted octanol–water partition coefficient (Wildman–Crippen LogP) is 2.60. The topological polar surface area (TPSA) is 70.1 Å². The molecular weight excluding hydrogens is 264 g/mol. The number of aliphatic hydroxyl groups excluding tert-OH is 1. The second kappa shape index (κ2) is 7.59. The highest BCUT2D eigenvalue weighted by molar-refractivity contribution is 5.57. The van der Waals surface area contributed by atoms with Crippen molar-refractivity contribution in [1.82, 2.24) is 9.97 Å².